The molecule has 0 unspecified atom stereocenters. The van der Waals surface area contributed by atoms with Gasteiger partial charge >= 0.3 is 0 Å². The van der Waals surface area contributed by atoms with Crippen LogP contribution in [0.2, 0.25) is 0 Å². The second-order valence-corrected chi connectivity index (χ2v) is 7.13. The highest BCUT2D eigenvalue weighted by atomic mass is 32.2. The van der Waals surface area contributed by atoms with E-state index in [1.807, 2.05) is 14.0 Å². The molecule has 0 atom stereocenters. The molecule has 1 aromatic heterocycles. The lowest BCUT2D eigenvalue weighted by molar-refractivity contribution is -0.124. The minimum Gasteiger partial charge on any atom is -0.330 e. The summed E-state index contributed by atoms with van der Waals surface area (Å²) in [5.41, 5.74) is 0.800. The summed E-state index contributed by atoms with van der Waals surface area (Å²) < 4.78 is 2.41. The summed E-state index contributed by atoms with van der Waals surface area (Å²) >= 11 is 7.54. The molecular formula is C12H13N3O3S3. The molecule has 0 N–H and O–H groups in total. The first-order valence-electron chi connectivity index (χ1n) is 6.04. The Morgan fingerprint density at radius 2 is 2.05 bits per heavy atom. The van der Waals surface area contributed by atoms with Crippen molar-refractivity contribution in [3.63, 3.8) is 0 Å². The lowest BCUT2D eigenvalue weighted by atomic mass is 10.2. The van der Waals surface area contributed by atoms with E-state index in [4.69, 9.17) is 12.2 Å². The Bertz CT molecular complexity index is 717. The molecule has 0 radical (unpaired) electrons. The number of carbonyl (C=O) groups is 3. The van der Waals surface area contributed by atoms with Crippen LogP contribution < -0.4 is 0 Å². The zero-order valence-corrected chi connectivity index (χ0v) is 14.2. The molecule has 0 saturated heterocycles. The number of thioether (sulfide) groups is 1. The maximum Gasteiger partial charge on any atom is 0.292 e. The van der Waals surface area contributed by atoms with Crippen molar-refractivity contribution in [1.29, 1.82) is 0 Å². The van der Waals surface area contributed by atoms with Crippen molar-refractivity contribution >= 4 is 58.0 Å². The van der Waals surface area contributed by atoms with Crippen molar-refractivity contribution in [3.8, 4) is 0 Å². The molecular weight excluding hydrogens is 330 g/mol. The van der Waals surface area contributed by atoms with Crippen molar-refractivity contribution in [3.05, 3.63) is 14.5 Å². The number of amidine groups is 1. The molecule has 6 nitrogen and oxygen atoms in total. The molecule has 0 aliphatic carbocycles. The Morgan fingerprint density at radius 1 is 1.38 bits per heavy atom. The van der Waals surface area contributed by atoms with Gasteiger partial charge in [-0.05, 0) is 26.1 Å². The highest BCUT2D eigenvalue weighted by molar-refractivity contribution is 8.14. The SMILES string of the molecule is CC(=O)CC(=O)CSC1=NN1C(=O)c1sc(=S)n(C)c1C. The van der Waals surface area contributed by atoms with Crippen LogP contribution in [0.4, 0.5) is 0 Å². The molecule has 1 aliphatic heterocycles. The van der Waals surface area contributed by atoms with E-state index in [0.717, 1.165) is 5.69 Å². The van der Waals surface area contributed by atoms with Gasteiger partial charge in [0.25, 0.3) is 5.91 Å². The van der Waals surface area contributed by atoms with E-state index in [1.54, 1.807) is 4.57 Å². The molecule has 0 spiro atoms. The fraction of sp³-hybridized carbons (Fsp3) is 0.417. The third-order valence-corrected chi connectivity index (χ3v) is 5.44. The molecule has 1 amide bonds. The Morgan fingerprint density at radius 3 is 2.57 bits per heavy atom. The van der Waals surface area contributed by atoms with Crippen LogP contribution >= 0.6 is 35.3 Å². The van der Waals surface area contributed by atoms with Gasteiger partial charge < -0.3 is 4.57 Å². The van der Waals surface area contributed by atoms with E-state index in [9.17, 15) is 14.4 Å². The Kier molecular flexibility index (Phi) is 4.74. The predicted octanol–water partition coefficient (Wildman–Crippen LogP) is 2.13. The van der Waals surface area contributed by atoms with Crippen molar-refractivity contribution < 1.29 is 14.4 Å². The number of thiazole rings is 1. The average Bonchev–Trinajstić information content (AvgIpc) is 3.13. The zero-order valence-electron chi connectivity index (χ0n) is 11.7. The van der Waals surface area contributed by atoms with Gasteiger partial charge in [-0.25, -0.2) is 0 Å². The van der Waals surface area contributed by atoms with Crippen LogP contribution in [0.1, 0.15) is 28.7 Å². The number of carbonyl (C=O) groups excluding carboxylic acids is 3. The summed E-state index contributed by atoms with van der Waals surface area (Å²) in [6.45, 7) is 3.20. The number of hydrazone groups is 1. The van der Waals surface area contributed by atoms with Gasteiger partial charge in [-0.3, -0.25) is 14.4 Å². The maximum absolute atomic E-state index is 12.2. The third-order valence-electron chi connectivity index (χ3n) is 2.82. The number of amides is 1. The van der Waals surface area contributed by atoms with E-state index >= 15 is 0 Å². The minimum absolute atomic E-state index is 0.0760. The smallest absolute Gasteiger partial charge is 0.292 e. The molecule has 0 saturated carbocycles. The van der Waals surface area contributed by atoms with Crippen molar-refractivity contribution in [2.45, 2.75) is 20.3 Å². The van der Waals surface area contributed by atoms with Crippen LogP contribution in [0.25, 0.3) is 0 Å². The summed E-state index contributed by atoms with van der Waals surface area (Å²) in [5.74, 6) is -0.413. The zero-order chi connectivity index (χ0) is 15.7. The first-order valence-corrected chi connectivity index (χ1v) is 8.25. The predicted molar refractivity (Wildman–Crippen MR) is 85.2 cm³/mol. The summed E-state index contributed by atoms with van der Waals surface area (Å²) in [4.78, 5) is 35.0. The minimum atomic E-state index is -0.231. The Balaban J connectivity index is 1.91. The van der Waals surface area contributed by atoms with Gasteiger partial charge in [-0.1, -0.05) is 23.1 Å². The van der Waals surface area contributed by atoms with Crippen molar-refractivity contribution in [2.75, 3.05) is 5.75 Å². The second kappa shape index (κ2) is 6.20. The number of rotatable bonds is 5. The first kappa shape index (κ1) is 16.1. The molecule has 2 heterocycles. The van der Waals surface area contributed by atoms with Gasteiger partial charge in [0.2, 0.25) is 5.17 Å². The van der Waals surface area contributed by atoms with Crippen LogP contribution in [0, 0.1) is 10.9 Å². The normalized spacial score (nSPS) is 13.1. The molecule has 2 rings (SSSR count). The fourth-order valence-corrected chi connectivity index (χ4v) is 3.60. The summed E-state index contributed by atoms with van der Waals surface area (Å²) in [6, 6.07) is 0. The first-order chi connectivity index (χ1) is 9.81. The van der Waals surface area contributed by atoms with Crippen LogP contribution in [0.15, 0.2) is 5.10 Å². The van der Waals surface area contributed by atoms with Gasteiger partial charge in [0.15, 0.2) is 9.74 Å². The van der Waals surface area contributed by atoms with Gasteiger partial charge in [-0.15, -0.1) is 5.10 Å². The molecule has 9 heteroatoms. The summed E-state index contributed by atoms with van der Waals surface area (Å²) in [6.07, 6.45) is -0.0760. The topological polar surface area (TPSA) is 71.5 Å². The highest BCUT2D eigenvalue weighted by Crippen LogP contribution is 2.28. The summed E-state index contributed by atoms with van der Waals surface area (Å²) in [7, 11) is 1.81. The number of ketones is 2. The lowest BCUT2D eigenvalue weighted by Crippen LogP contribution is -2.16. The molecule has 0 bridgehead atoms. The largest absolute Gasteiger partial charge is 0.330 e. The van der Waals surface area contributed by atoms with E-state index < -0.39 is 0 Å². The van der Waals surface area contributed by atoms with E-state index in [-0.39, 0.29) is 29.6 Å². The molecule has 1 aromatic rings. The molecule has 0 fully saturated rings. The van der Waals surface area contributed by atoms with Crippen molar-refractivity contribution in [2.24, 2.45) is 12.1 Å². The Labute approximate surface area is 134 Å². The van der Waals surface area contributed by atoms with Crippen molar-refractivity contribution in [1.82, 2.24) is 9.58 Å². The fourth-order valence-electron chi connectivity index (χ4n) is 1.57. The molecule has 0 aromatic carbocycles. The molecule has 1 aliphatic rings. The van der Waals surface area contributed by atoms with Crippen LogP contribution in [0.3, 0.4) is 0 Å². The number of hydrogen-bond donors (Lipinski definition) is 0. The molecule has 112 valence electrons. The molecule has 21 heavy (non-hydrogen) atoms. The monoisotopic (exact) mass is 343 g/mol. The standard InChI is InChI=1S/C12H13N3O3S3/c1-6(16)4-8(17)5-20-11-13-15(11)10(18)9-7(2)14(3)12(19)21-9/h4-5H2,1-3H3. The van der Waals surface area contributed by atoms with Gasteiger partial charge in [-0.2, -0.15) is 5.01 Å². The number of nitrogens with zero attached hydrogens (tertiary/aromatic N) is 3. The second-order valence-electron chi connectivity index (χ2n) is 4.55. The third kappa shape index (κ3) is 3.66. The number of hydrogen-bond acceptors (Lipinski definition) is 7. The average molecular weight is 343 g/mol. The van der Waals surface area contributed by atoms with Crippen LogP contribution in [-0.2, 0) is 16.6 Å². The van der Waals surface area contributed by atoms with Gasteiger partial charge in [0, 0.05) is 12.7 Å². The van der Waals surface area contributed by atoms with Crippen LogP contribution in [-0.4, -0.2) is 38.0 Å². The van der Waals surface area contributed by atoms with E-state index in [1.165, 1.54) is 35.0 Å². The van der Waals surface area contributed by atoms with E-state index in [0.29, 0.717) is 14.0 Å². The number of aromatic nitrogens is 1. The quantitative estimate of drug-likeness (QED) is 0.605. The van der Waals surface area contributed by atoms with Gasteiger partial charge in [0.1, 0.15) is 10.7 Å². The Hall–Kier alpha value is -1.32. The summed E-state index contributed by atoms with van der Waals surface area (Å²) in [5, 5.41) is 5.71. The van der Waals surface area contributed by atoms with Gasteiger partial charge in [0.05, 0.1) is 12.2 Å². The maximum atomic E-state index is 12.2. The number of Topliss-reactive ketones (excluding diaryl/α,β-unsaturated/α-hetero) is 2. The lowest BCUT2D eigenvalue weighted by Gasteiger charge is -2.01. The van der Waals surface area contributed by atoms with Crippen LogP contribution in [0.5, 0.6) is 0 Å². The van der Waals surface area contributed by atoms with E-state index in [2.05, 4.69) is 5.10 Å². The highest BCUT2D eigenvalue weighted by Gasteiger charge is 2.35.